The van der Waals surface area contributed by atoms with Crippen LogP contribution in [-0.4, -0.2) is 5.97 Å². The van der Waals surface area contributed by atoms with E-state index in [0.717, 1.165) is 12.0 Å². The van der Waals surface area contributed by atoms with Crippen molar-refractivity contribution in [2.75, 3.05) is 0 Å². The van der Waals surface area contributed by atoms with Gasteiger partial charge in [0.1, 0.15) is 0 Å². The Labute approximate surface area is 94.2 Å². The fourth-order valence-corrected chi connectivity index (χ4v) is 1.59. The summed E-state index contributed by atoms with van der Waals surface area (Å²) in [7, 11) is 0. The maximum atomic E-state index is 10.6. The molecule has 0 aliphatic rings. The first kappa shape index (κ1) is 10.4. The van der Waals surface area contributed by atoms with Gasteiger partial charge in [-0.05, 0) is 23.1 Å². The molecule has 2 rings (SSSR count). The van der Waals surface area contributed by atoms with Crippen molar-refractivity contribution in [2.45, 2.75) is 6.42 Å². The van der Waals surface area contributed by atoms with E-state index in [2.05, 4.69) is 0 Å². The summed E-state index contributed by atoms with van der Waals surface area (Å²) in [6.45, 7) is 0. The SMILES string of the molecule is O=C([O-])c1ccc(Cc2ccccc2)cc1. The van der Waals surface area contributed by atoms with Gasteiger partial charge in [0, 0.05) is 0 Å². The molecular formula is C14H11O2-. The first-order valence-corrected chi connectivity index (χ1v) is 5.10. The van der Waals surface area contributed by atoms with Crippen molar-refractivity contribution in [1.82, 2.24) is 0 Å². The predicted molar refractivity (Wildman–Crippen MR) is 60.0 cm³/mol. The first-order valence-electron chi connectivity index (χ1n) is 5.10. The fourth-order valence-electron chi connectivity index (χ4n) is 1.59. The number of hydrogen-bond donors (Lipinski definition) is 0. The summed E-state index contributed by atoms with van der Waals surface area (Å²) in [5, 5.41) is 10.6. The Kier molecular flexibility index (Phi) is 3.01. The van der Waals surface area contributed by atoms with E-state index in [9.17, 15) is 9.90 Å². The summed E-state index contributed by atoms with van der Waals surface area (Å²) >= 11 is 0. The van der Waals surface area contributed by atoms with Gasteiger partial charge in [-0.15, -0.1) is 0 Å². The molecule has 2 heteroatoms. The molecule has 0 heterocycles. The second-order valence-corrected chi connectivity index (χ2v) is 3.65. The van der Waals surface area contributed by atoms with Gasteiger partial charge in [-0.2, -0.15) is 0 Å². The number of carbonyl (C=O) groups is 1. The van der Waals surface area contributed by atoms with Crippen LogP contribution >= 0.6 is 0 Å². The van der Waals surface area contributed by atoms with E-state index < -0.39 is 5.97 Å². The summed E-state index contributed by atoms with van der Waals surface area (Å²) in [5.41, 5.74) is 2.52. The van der Waals surface area contributed by atoms with Crippen LogP contribution in [0.25, 0.3) is 0 Å². The topological polar surface area (TPSA) is 40.1 Å². The maximum Gasteiger partial charge on any atom is 0.0715 e. The van der Waals surface area contributed by atoms with Crippen LogP contribution in [0.4, 0.5) is 0 Å². The molecule has 0 unspecified atom stereocenters. The number of rotatable bonds is 3. The molecule has 0 radical (unpaired) electrons. The molecule has 0 atom stereocenters. The van der Waals surface area contributed by atoms with Gasteiger partial charge in [0.05, 0.1) is 5.97 Å². The summed E-state index contributed by atoms with van der Waals surface area (Å²) < 4.78 is 0. The maximum absolute atomic E-state index is 10.6. The van der Waals surface area contributed by atoms with Crippen LogP contribution in [0.3, 0.4) is 0 Å². The van der Waals surface area contributed by atoms with Crippen LogP contribution in [0.2, 0.25) is 0 Å². The second kappa shape index (κ2) is 4.62. The molecule has 0 saturated carbocycles. The lowest BCUT2D eigenvalue weighted by molar-refractivity contribution is -0.255. The van der Waals surface area contributed by atoms with Gasteiger partial charge in [-0.3, -0.25) is 0 Å². The summed E-state index contributed by atoms with van der Waals surface area (Å²) in [6.07, 6.45) is 0.814. The third-order valence-corrected chi connectivity index (χ3v) is 2.44. The summed E-state index contributed by atoms with van der Waals surface area (Å²) in [4.78, 5) is 10.6. The van der Waals surface area contributed by atoms with Crippen molar-refractivity contribution in [3.05, 3.63) is 71.3 Å². The monoisotopic (exact) mass is 211 g/mol. The minimum atomic E-state index is -1.13. The normalized spacial score (nSPS) is 10.0. The average molecular weight is 211 g/mol. The van der Waals surface area contributed by atoms with E-state index in [1.807, 2.05) is 42.5 Å². The standard InChI is InChI=1S/C14H12O2/c15-14(16)13-8-6-12(7-9-13)10-11-4-2-1-3-5-11/h1-9H,10H2,(H,15,16)/p-1. The van der Waals surface area contributed by atoms with Gasteiger partial charge in [-0.1, -0.05) is 54.6 Å². The third-order valence-electron chi connectivity index (χ3n) is 2.44. The van der Waals surface area contributed by atoms with Crippen LogP contribution in [0, 0.1) is 0 Å². The molecule has 0 fully saturated rings. The Bertz CT molecular complexity index is 472. The lowest BCUT2D eigenvalue weighted by Crippen LogP contribution is -2.21. The number of carboxylic acids is 1. The minimum Gasteiger partial charge on any atom is -0.545 e. The highest BCUT2D eigenvalue weighted by atomic mass is 16.4. The molecule has 0 spiro atoms. The van der Waals surface area contributed by atoms with E-state index in [4.69, 9.17) is 0 Å². The fraction of sp³-hybridized carbons (Fsp3) is 0.0714. The van der Waals surface area contributed by atoms with Crippen molar-refractivity contribution >= 4 is 5.97 Å². The predicted octanol–water partition coefficient (Wildman–Crippen LogP) is 1.64. The number of aromatic carboxylic acids is 1. The smallest absolute Gasteiger partial charge is 0.0715 e. The largest absolute Gasteiger partial charge is 0.545 e. The second-order valence-electron chi connectivity index (χ2n) is 3.65. The van der Waals surface area contributed by atoms with Gasteiger partial charge in [-0.25, -0.2) is 0 Å². The van der Waals surface area contributed by atoms with Crippen molar-refractivity contribution in [1.29, 1.82) is 0 Å². The van der Waals surface area contributed by atoms with E-state index >= 15 is 0 Å². The Morgan fingerprint density at radius 2 is 1.44 bits per heavy atom. The van der Waals surface area contributed by atoms with Crippen molar-refractivity contribution < 1.29 is 9.90 Å². The molecule has 0 amide bonds. The van der Waals surface area contributed by atoms with Gasteiger partial charge >= 0.3 is 0 Å². The first-order chi connectivity index (χ1) is 7.75. The number of carbonyl (C=O) groups excluding carboxylic acids is 1. The van der Waals surface area contributed by atoms with Crippen molar-refractivity contribution in [2.24, 2.45) is 0 Å². The zero-order valence-corrected chi connectivity index (χ0v) is 8.72. The Hall–Kier alpha value is -2.09. The van der Waals surface area contributed by atoms with Crippen molar-refractivity contribution in [3.8, 4) is 0 Å². The Morgan fingerprint density at radius 1 is 0.875 bits per heavy atom. The van der Waals surface area contributed by atoms with Crippen LogP contribution in [-0.2, 0) is 6.42 Å². The number of benzene rings is 2. The van der Waals surface area contributed by atoms with Crippen LogP contribution in [0.5, 0.6) is 0 Å². The molecule has 0 aliphatic heterocycles. The van der Waals surface area contributed by atoms with E-state index in [0.29, 0.717) is 0 Å². The quantitative estimate of drug-likeness (QED) is 0.774. The molecule has 0 aliphatic carbocycles. The zero-order chi connectivity index (χ0) is 11.4. The number of carboxylic acid groups (broad SMARTS) is 1. The molecule has 16 heavy (non-hydrogen) atoms. The van der Waals surface area contributed by atoms with Crippen LogP contribution in [0.15, 0.2) is 54.6 Å². The summed E-state index contributed by atoms with van der Waals surface area (Å²) in [6, 6.07) is 16.8. The van der Waals surface area contributed by atoms with E-state index in [-0.39, 0.29) is 5.56 Å². The van der Waals surface area contributed by atoms with E-state index in [1.54, 1.807) is 12.1 Å². The number of hydrogen-bond acceptors (Lipinski definition) is 2. The molecule has 2 aromatic rings. The molecular weight excluding hydrogens is 200 g/mol. The Morgan fingerprint density at radius 3 is 2.00 bits per heavy atom. The highest BCUT2D eigenvalue weighted by molar-refractivity contribution is 5.85. The molecule has 2 aromatic carbocycles. The molecule has 80 valence electrons. The van der Waals surface area contributed by atoms with Crippen LogP contribution < -0.4 is 5.11 Å². The molecule has 0 aromatic heterocycles. The average Bonchev–Trinajstić information content (AvgIpc) is 2.31. The molecule has 0 N–H and O–H groups in total. The van der Waals surface area contributed by atoms with Crippen molar-refractivity contribution in [3.63, 3.8) is 0 Å². The van der Waals surface area contributed by atoms with E-state index in [1.165, 1.54) is 5.56 Å². The highest BCUT2D eigenvalue weighted by Gasteiger charge is 1.97. The minimum absolute atomic E-state index is 0.219. The van der Waals surface area contributed by atoms with Gasteiger partial charge in [0.25, 0.3) is 0 Å². The highest BCUT2D eigenvalue weighted by Crippen LogP contribution is 2.10. The molecule has 2 nitrogen and oxygen atoms in total. The van der Waals surface area contributed by atoms with Crippen LogP contribution in [0.1, 0.15) is 21.5 Å². The third kappa shape index (κ3) is 2.48. The lowest BCUT2D eigenvalue weighted by atomic mass is 10.0. The van der Waals surface area contributed by atoms with Gasteiger partial charge in [0.2, 0.25) is 0 Å². The summed E-state index contributed by atoms with van der Waals surface area (Å²) in [5.74, 6) is -1.13. The molecule has 0 saturated heterocycles. The van der Waals surface area contributed by atoms with Gasteiger partial charge in [0.15, 0.2) is 0 Å². The van der Waals surface area contributed by atoms with Gasteiger partial charge < -0.3 is 9.90 Å². The Balaban J connectivity index is 2.14. The zero-order valence-electron chi connectivity index (χ0n) is 8.72. The molecule has 0 bridgehead atoms. The lowest BCUT2D eigenvalue weighted by Gasteiger charge is -2.04.